The summed E-state index contributed by atoms with van der Waals surface area (Å²) in [5, 5.41) is 3.98. The van der Waals surface area contributed by atoms with Gasteiger partial charge in [0, 0.05) is 25.0 Å². The van der Waals surface area contributed by atoms with Crippen molar-refractivity contribution in [3.8, 4) is 0 Å². The van der Waals surface area contributed by atoms with Gasteiger partial charge in [0.15, 0.2) is 9.84 Å². The number of hydrogen-bond donors (Lipinski definition) is 1. The van der Waals surface area contributed by atoms with Crippen molar-refractivity contribution in [2.45, 2.75) is 37.2 Å². The molecule has 0 aliphatic rings. The second-order valence-electron chi connectivity index (χ2n) is 3.83. The molecule has 0 aromatic carbocycles. The summed E-state index contributed by atoms with van der Waals surface area (Å²) in [4.78, 5) is 0.267. The van der Waals surface area contributed by atoms with E-state index in [2.05, 4.69) is 5.10 Å². The minimum absolute atomic E-state index is 0.176. The lowest BCUT2D eigenvalue weighted by Gasteiger charge is -2.04. The van der Waals surface area contributed by atoms with Crippen LogP contribution in [0.4, 0.5) is 0 Å². The van der Waals surface area contributed by atoms with Crippen molar-refractivity contribution in [2.24, 2.45) is 5.73 Å². The van der Waals surface area contributed by atoms with Crippen LogP contribution in [0.25, 0.3) is 0 Å². The van der Waals surface area contributed by atoms with E-state index >= 15 is 0 Å². The molecule has 1 unspecified atom stereocenters. The van der Waals surface area contributed by atoms with Gasteiger partial charge < -0.3 is 5.73 Å². The Morgan fingerprint density at radius 1 is 1.60 bits per heavy atom. The zero-order chi connectivity index (χ0) is 11.5. The third kappa shape index (κ3) is 4.01. The summed E-state index contributed by atoms with van der Waals surface area (Å²) >= 11 is 0. The van der Waals surface area contributed by atoms with Gasteiger partial charge in [0.25, 0.3) is 0 Å². The molecule has 1 atom stereocenters. The number of nitrogens with two attached hydrogens (primary N) is 1. The van der Waals surface area contributed by atoms with Gasteiger partial charge in [-0.25, -0.2) is 8.42 Å². The molecular formula is C9H17N3O2S. The lowest BCUT2D eigenvalue weighted by Crippen LogP contribution is -2.15. The van der Waals surface area contributed by atoms with Crippen molar-refractivity contribution in [3.05, 3.63) is 12.4 Å². The molecule has 0 saturated heterocycles. The Morgan fingerprint density at radius 2 is 2.27 bits per heavy atom. The van der Waals surface area contributed by atoms with E-state index in [1.807, 2.05) is 6.92 Å². The van der Waals surface area contributed by atoms with Gasteiger partial charge in [0.1, 0.15) is 4.90 Å². The molecule has 1 rings (SSSR count). The van der Waals surface area contributed by atoms with Crippen LogP contribution >= 0.6 is 0 Å². The molecule has 15 heavy (non-hydrogen) atoms. The number of rotatable bonds is 5. The highest BCUT2D eigenvalue weighted by Crippen LogP contribution is 2.07. The smallest absolute Gasteiger partial charge is 0.178 e. The predicted octanol–water partition coefficient (Wildman–Crippen LogP) is 0.414. The number of aromatic nitrogens is 2. The Balaban J connectivity index is 2.54. The molecular weight excluding hydrogens is 214 g/mol. The Kier molecular flexibility index (Phi) is 3.87. The molecule has 0 aliphatic heterocycles. The largest absolute Gasteiger partial charge is 0.328 e. The lowest BCUT2D eigenvalue weighted by molar-refractivity contribution is 0.524. The fourth-order valence-corrected chi connectivity index (χ4v) is 1.79. The van der Waals surface area contributed by atoms with E-state index in [9.17, 15) is 8.42 Å². The van der Waals surface area contributed by atoms with E-state index < -0.39 is 9.84 Å². The predicted molar refractivity (Wildman–Crippen MR) is 58.2 cm³/mol. The van der Waals surface area contributed by atoms with E-state index in [1.165, 1.54) is 12.5 Å². The summed E-state index contributed by atoms with van der Waals surface area (Å²) < 4.78 is 23.9. The first-order chi connectivity index (χ1) is 6.89. The zero-order valence-corrected chi connectivity index (χ0v) is 9.87. The van der Waals surface area contributed by atoms with Crippen molar-refractivity contribution < 1.29 is 8.42 Å². The number of hydrogen-bond acceptors (Lipinski definition) is 4. The van der Waals surface area contributed by atoms with E-state index in [0.29, 0.717) is 6.54 Å². The van der Waals surface area contributed by atoms with Crippen LogP contribution in [0.3, 0.4) is 0 Å². The number of aryl methyl sites for hydroxylation is 1. The van der Waals surface area contributed by atoms with Gasteiger partial charge in [0.05, 0.1) is 6.20 Å². The maximum atomic E-state index is 11.2. The average molecular weight is 231 g/mol. The van der Waals surface area contributed by atoms with Gasteiger partial charge in [-0.1, -0.05) is 0 Å². The maximum Gasteiger partial charge on any atom is 0.178 e. The maximum absolute atomic E-state index is 11.2. The molecule has 5 nitrogen and oxygen atoms in total. The Labute approximate surface area is 90.2 Å². The fourth-order valence-electron chi connectivity index (χ4n) is 1.23. The van der Waals surface area contributed by atoms with Crippen LogP contribution in [-0.4, -0.2) is 30.5 Å². The quantitative estimate of drug-likeness (QED) is 0.796. The molecule has 0 bridgehead atoms. The molecule has 1 heterocycles. The van der Waals surface area contributed by atoms with Crippen molar-refractivity contribution in [2.75, 3.05) is 6.26 Å². The normalized spacial score (nSPS) is 14.1. The Bertz CT molecular complexity index is 409. The standard InChI is InChI=1S/C9H17N3O2S/c1-8(10)4-3-5-12-7-9(6-11-12)15(2,13)14/h6-8H,3-5,10H2,1-2H3. The van der Waals surface area contributed by atoms with Crippen LogP contribution < -0.4 is 5.73 Å². The van der Waals surface area contributed by atoms with Crippen LogP contribution in [0.2, 0.25) is 0 Å². The van der Waals surface area contributed by atoms with Gasteiger partial charge in [-0.05, 0) is 19.8 Å². The van der Waals surface area contributed by atoms with Crippen molar-refractivity contribution in [1.82, 2.24) is 9.78 Å². The van der Waals surface area contributed by atoms with Crippen LogP contribution in [-0.2, 0) is 16.4 Å². The van der Waals surface area contributed by atoms with E-state index in [-0.39, 0.29) is 10.9 Å². The zero-order valence-electron chi connectivity index (χ0n) is 9.05. The summed E-state index contributed by atoms with van der Waals surface area (Å²) in [6.45, 7) is 2.65. The SMILES string of the molecule is CC(N)CCCn1cc(S(C)(=O)=O)cn1. The molecule has 0 fully saturated rings. The molecule has 1 aromatic heterocycles. The second kappa shape index (κ2) is 4.76. The molecule has 1 aromatic rings. The minimum Gasteiger partial charge on any atom is -0.328 e. The lowest BCUT2D eigenvalue weighted by atomic mass is 10.2. The summed E-state index contributed by atoms with van der Waals surface area (Å²) in [5.74, 6) is 0. The van der Waals surface area contributed by atoms with Crippen molar-refractivity contribution in [1.29, 1.82) is 0 Å². The van der Waals surface area contributed by atoms with Crippen LogP contribution in [0.15, 0.2) is 17.3 Å². The average Bonchev–Trinajstić information content (AvgIpc) is 2.51. The highest BCUT2D eigenvalue weighted by molar-refractivity contribution is 7.90. The fraction of sp³-hybridized carbons (Fsp3) is 0.667. The molecule has 0 amide bonds. The van der Waals surface area contributed by atoms with Gasteiger partial charge in [-0.2, -0.15) is 5.10 Å². The monoisotopic (exact) mass is 231 g/mol. The summed E-state index contributed by atoms with van der Waals surface area (Å²) in [7, 11) is -3.13. The van der Waals surface area contributed by atoms with Crippen LogP contribution in [0.5, 0.6) is 0 Å². The molecule has 2 N–H and O–H groups in total. The number of sulfone groups is 1. The summed E-state index contributed by atoms with van der Waals surface area (Å²) in [5.41, 5.74) is 5.61. The summed E-state index contributed by atoms with van der Waals surface area (Å²) in [6, 6.07) is 0.176. The highest BCUT2D eigenvalue weighted by Gasteiger charge is 2.09. The van der Waals surface area contributed by atoms with Gasteiger partial charge in [-0.15, -0.1) is 0 Å². The van der Waals surface area contributed by atoms with Gasteiger partial charge in [0.2, 0.25) is 0 Å². The molecule has 86 valence electrons. The first-order valence-corrected chi connectivity index (χ1v) is 6.77. The van der Waals surface area contributed by atoms with Crippen LogP contribution in [0.1, 0.15) is 19.8 Å². The number of nitrogens with zero attached hydrogens (tertiary/aromatic N) is 2. The van der Waals surface area contributed by atoms with Gasteiger partial charge in [-0.3, -0.25) is 4.68 Å². The van der Waals surface area contributed by atoms with E-state index in [1.54, 1.807) is 10.9 Å². The Hall–Kier alpha value is -0.880. The first-order valence-electron chi connectivity index (χ1n) is 4.87. The van der Waals surface area contributed by atoms with E-state index in [4.69, 9.17) is 5.73 Å². The first kappa shape index (κ1) is 12.2. The van der Waals surface area contributed by atoms with Crippen LogP contribution in [0, 0.1) is 0 Å². The minimum atomic E-state index is -3.13. The third-order valence-electron chi connectivity index (χ3n) is 2.08. The molecule has 0 aliphatic carbocycles. The van der Waals surface area contributed by atoms with Crippen molar-refractivity contribution in [3.63, 3.8) is 0 Å². The second-order valence-corrected chi connectivity index (χ2v) is 5.85. The van der Waals surface area contributed by atoms with Crippen molar-refractivity contribution >= 4 is 9.84 Å². The van der Waals surface area contributed by atoms with E-state index in [0.717, 1.165) is 12.8 Å². The topological polar surface area (TPSA) is 78.0 Å². The van der Waals surface area contributed by atoms with Gasteiger partial charge >= 0.3 is 0 Å². The summed E-state index contributed by atoms with van der Waals surface area (Å²) in [6.07, 6.45) is 5.92. The molecule has 6 heteroatoms. The third-order valence-corrected chi connectivity index (χ3v) is 3.15. The molecule has 0 spiro atoms. The molecule has 0 saturated carbocycles. The Morgan fingerprint density at radius 3 is 2.73 bits per heavy atom. The highest BCUT2D eigenvalue weighted by atomic mass is 32.2. The molecule has 0 radical (unpaired) electrons.